The van der Waals surface area contributed by atoms with E-state index in [1.165, 1.54) is 6.07 Å². The maximum absolute atomic E-state index is 13.7. The van der Waals surface area contributed by atoms with Crippen LogP contribution in [0.25, 0.3) is 5.69 Å². The van der Waals surface area contributed by atoms with Crippen LogP contribution in [0.15, 0.2) is 16.6 Å². The Bertz CT molecular complexity index is 672. The van der Waals surface area contributed by atoms with E-state index in [4.69, 9.17) is 12.2 Å². The van der Waals surface area contributed by atoms with Gasteiger partial charge in [-0.05, 0) is 65.6 Å². The minimum Gasteiger partial charge on any atom is -0.272 e. The van der Waals surface area contributed by atoms with Crippen LogP contribution in [0.1, 0.15) is 30.1 Å². The van der Waals surface area contributed by atoms with Gasteiger partial charge in [0.05, 0.1) is 10.2 Å². The molecule has 0 atom stereocenters. The fourth-order valence-electron chi connectivity index (χ4n) is 2.03. The van der Waals surface area contributed by atoms with E-state index >= 15 is 0 Å². The SMILES string of the molecule is Cc1cc(Br)c(F)cc1-n1c(C2CC2)n[nH]c1=S. The highest BCUT2D eigenvalue weighted by Crippen LogP contribution is 2.40. The quantitative estimate of drug-likeness (QED) is 0.845. The Morgan fingerprint density at radius 2 is 2.22 bits per heavy atom. The lowest BCUT2D eigenvalue weighted by molar-refractivity contribution is 0.618. The fraction of sp³-hybridized carbons (Fsp3) is 0.333. The first-order valence-corrected chi connectivity index (χ1v) is 6.91. The number of nitrogens with one attached hydrogen (secondary N) is 1. The first-order chi connectivity index (χ1) is 8.58. The summed E-state index contributed by atoms with van der Waals surface area (Å²) < 4.78 is 16.5. The molecule has 1 saturated carbocycles. The van der Waals surface area contributed by atoms with Gasteiger partial charge in [0, 0.05) is 5.92 Å². The molecule has 3 nitrogen and oxygen atoms in total. The third-order valence-electron chi connectivity index (χ3n) is 3.12. The molecule has 3 rings (SSSR count). The van der Waals surface area contributed by atoms with Crippen molar-refractivity contribution < 1.29 is 4.39 Å². The summed E-state index contributed by atoms with van der Waals surface area (Å²) in [7, 11) is 0. The van der Waals surface area contributed by atoms with Crippen LogP contribution in [0, 0.1) is 17.5 Å². The number of aromatic amines is 1. The molecule has 0 bridgehead atoms. The van der Waals surface area contributed by atoms with Crippen LogP contribution in [0.3, 0.4) is 0 Å². The topological polar surface area (TPSA) is 33.6 Å². The summed E-state index contributed by atoms with van der Waals surface area (Å²) in [5.41, 5.74) is 1.72. The van der Waals surface area contributed by atoms with Gasteiger partial charge in [-0.1, -0.05) is 0 Å². The second-order valence-electron chi connectivity index (χ2n) is 4.55. The molecule has 1 heterocycles. The monoisotopic (exact) mass is 327 g/mol. The smallest absolute Gasteiger partial charge is 0.199 e. The molecule has 0 unspecified atom stereocenters. The largest absolute Gasteiger partial charge is 0.272 e. The first-order valence-electron chi connectivity index (χ1n) is 5.71. The van der Waals surface area contributed by atoms with Gasteiger partial charge in [0.15, 0.2) is 4.77 Å². The third kappa shape index (κ3) is 1.93. The maximum atomic E-state index is 13.7. The van der Waals surface area contributed by atoms with Gasteiger partial charge >= 0.3 is 0 Å². The Morgan fingerprint density at radius 3 is 2.89 bits per heavy atom. The van der Waals surface area contributed by atoms with Crippen molar-refractivity contribution in [2.45, 2.75) is 25.7 Å². The van der Waals surface area contributed by atoms with Gasteiger partial charge < -0.3 is 0 Å². The number of hydrogen-bond donors (Lipinski definition) is 1. The summed E-state index contributed by atoms with van der Waals surface area (Å²) in [6, 6.07) is 3.26. The molecule has 6 heteroatoms. The summed E-state index contributed by atoms with van der Waals surface area (Å²) >= 11 is 8.44. The third-order valence-corrected chi connectivity index (χ3v) is 4.00. The number of rotatable bonds is 2. The van der Waals surface area contributed by atoms with E-state index in [2.05, 4.69) is 26.1 Å². The van der Waals surface area contributed by atoms with Crippen molar-refractivity contribution in [2.24, 2.45) is 0 Å². The number of hydrogen-bond acceptors (Lipinski definition) is 2. The van der Waals surface area contributed by atoms with E-state index in [1.807, 2.05) is 11.5 Å². The summed E-state index contributed by atoms with van der Waals surface area (Å²) in [5, 5.41) is 7.06. The van der Waals surface area contributed by atoms with Crippen LogP contribution >= 0.6 is 28.1 Å². The van der Waals surface area contributed by atoms with Crippen LogP contribution in [0.5, 0.6) is 0 Å². The lowest BCUT2D eigenvalue weighted by Gasteiger charge is -2.10. The average Bonchev–Trinajstić information content (AvgIpc) is 3.09. The van der Waals surface area contributed by atoms with Crippen molar-refractivity contribution >= 4 is 28.1 Å². The number of benzene rings is 1. The molecular weight excluding hydrogens is 317 g/mol. The molecule has 18 heavy (non-hydrogen) atoms. The fourth-order valence-corrected chi connectivity index (χ4v) is 2.73. The summed E-state index contributed by atoms with van der Waals surface area (Å²) in [6.45, 7) is 1.94. The minimum atomic E-state index is -0.291. The molecule has 1 fully saturated rings. The van der Waals surface area contributed by atoms with Crippen molar-refractivity contribution in [1.29, 1.82) is 0 Å². The highest BCUT2D eigenvalue weighted by Gasteiger charge is 2.30. The highest BCUT2D eigenvalue weighted by atomic mass is 79.9. The van der Waals surface area contributed by atoms with E-state index in [1.54, 1.807) is 6.07 Å². The first kappa shape index (κ1) is 12.0. The van der Waals surface area contributed by atoms with Gasteiger partial charge in [-0.2, -0.15) is 5.10 Å². The predicted octanol–water partition coefficient (Wildman–Crippen LogP) is 4.02. The van der Waals surface area contributed by atoms with Crippen LogP contribution in [-0.4, -0.2) is 14.8 Å². The molecule has 0 radical (unpaired) electrons. The van der Waals surface area contributed by atoms with Crippen LogP contribution in [0.4, 0.5) is 4.39 Å². The van der Waals surface area contributed by atoms with E-state index in [0.29, 0.717) is 15.2 Å². The molecule has 1 aliphatic rings. The van der Waals surface area contributed by atoms with Gasteiger partial charge in [-0.25, -0.2) is 4.39 Å². The maximum Gasteiger partial charge on any atom is 0.199 e. The number of halogens is 2. The zero-order valence-electron chi connectivity index (χ0n) is 9.70. The molecule has 0 spiro atoms. The summed E-state index contributed by atoms with van der Waals surface area (Å²) in [6.07, 6.45) is 2.25. The number of H-pyrrole nitrogens is 1. The molecule has 0 saturated heterocycles. The van der Waals surface area contributed by atoms with Gasteiger partial charge in [0.25, 0.3) is 0 Å². The zero-order chi connectivity index (χ0) is 12.9. The Kier molecular flexibility index (Phi) is 2.86. The number of nitrogens with zero attached hydrogens (tertiary/aromatic N) is 2. The molecule has 1 aliphatic carbocycles. The van der Waals surface area contributed by atoms with Crippen molar-refractivity contribution in [3.8, 4) is 5.69 Å². The molecule has 2 aromatic rings. The normalized spacial score (nSPS) is 15.1. The van der Waals surface area contributed by atoms with Crippen LogP contribution < -0.4 is 0 Å². The Hall–Kier alpha value is -1.01. The van der Waals surface area contributed by atoms with Crippen molar-refractivity contribution in [3.05, 3.63) is 38.6 Å². The molecule has 1 N–H and O–H groups in total. The molecule has 0 amide bonds. The summed E-state index contributed by atoms with van der Waals surface area (Å²) in [5.74, 6) is 1.06. The Labute approximate surface area is 117 Å². The van der Waals surface area contributed by atoms with Gasteiger partial charge in [-0.15, -0.1) is 0 Å². The van der Waals surface area contributed by atoms with Crippen LogP contribution in [0.2, 0.25) is 0 Å². The lowest BCUT2D eigenvalue weighted by atomic mass is 10.2. The van der Waals surface area contributed by atoms with Crippen molar-refractivity contribution in [2.75, 3.05) is 0 Å². The van der Waals surface area contributed by atoms with Crippen molar-refractivity contribution in [1.82, 2.24) is 14.8 Å². The number of aryl methyl sites for hydroxylation is 1. The van der Waals surface area contributed by atoms with Gasteiger partial charge in [-0.3, -0.25) is 9.67 Å². The highest BCUT2D eigenvalue weighted by molar-refractivity contribution is 9.10. The van der Waals surface area contributed by atoms with Crippen molar-refractivity contribution in [3.63, 3.8) is 0 Å². The van der Waals surface area contributed by atoms with Crippen LogP contribution in [-0.2, 0) is 0 Å². The van der Waals surface area contributed by atoms with Gasteiger partial charge in [0.1, 0.15) is 11.6 Å². The van der Waals surface area contributed by atoms with Gasteiger partial charge in [0.2, 0.25) is 0 Å². The molecule has 0 aliphatic heterocycles. The second-order valence-corrected chi connectivity index (χ2v) is 5.79. The Morgan fingerprint density at radius 1 is 1.50 bits per heavy atom. The van der Waals surface area contributed by atoms with E-state index < -0.39 is 0 Å². The standard InChI is InChI=1S/C12H11BrFN3S/c1-6-4-8(13)9(14)5-10(6)17-11(7-2-3-7)15-16-12(17)18/h4-5,7H,2-3H2,1H3,(H,16,18). The zero-order valence-corrected chi connectivity index (χ0v) is 12.1. The second kappa shape index (κ2) is 4.28. The molecular formula is C12H11BrFN3S. The van der Waals surface area contributed by atoms with E-state index in [-0.39, 0.29) is 5.82 Å². The molecule has 94 valence electrons. The summed E-state index contributed by atoms with van der Waals surface area (Å²) in [4.78, 5) is 0. The van der Waals surface area contributed by atoms with E-state index in [0.717, 1.165) is 29.9 Å². The average molecular weight is 328 g/mol. The molecule has 1 aromatic carbocycles. The Balaban J connectivity index is 2.23. The number of aromatic nitrogens is 3. The predicted molar refractivity (Wildman–Crippen MR) is 73.1 cm³/mol. The van der Waals surface area contributed by atoms with E-state index in [9.17, 15) is 4.39 Å². The lowest BCUT2D eigenvalue weighted by Crippen LogP contribution is -2.03. The minimum absolute atomic E-state index is 0.291. The molecule has 1 aromatic heterocycles.